The maximum absolute atomic E-state index is 13.1. The van der Waals surface area contributed by atoms with E-state index in [1.807, 2.05) is 10.3 Å². The Labute approximate surface area is 197 Å². The number of piperidine rings is 1. The fourth-order valence-corrected chi connectivity index (χ4v) is 5.16. The van der Waals surface area contributed by atoms with Gasteiger partial charge in [-0.15, -0.1) is 17.8 Å². The van der Waals surface area contributed by atoms with E-state index in [0.29, 0.717) is 31.9 Å². The molecule has 33 heavy (non-hydrogen) atoms. The van der Waals surface area contributed by atoms with Crippen LogP contribution < -0.4 is 0 Å². The summed E-state index contributed by atoms with van der Waals surface area (Å²) in [7, 11) is 0. The molecule has 0 radical (unpaired) electrons. The number of ether oxygens (including phenoxy) is 1. The van der Waals surface area contributed by atoms with E-state index in [-0.39, 0.29) is 30.3 Å². The lowest BCUT2D eigenvalue weighted by atomic mass is 9.98. The van der Waals surface area contributed by atoms with Crippen molar-refractivity contribution in [1.82, 2.24) is 19.7 Å². The lowest BCUT2D eigenvalue weighted by Gasteiger charge is -2.34. The predicted octanol–water partition coefficient (Wildman–Crippen LogP) is 3.19. The van der Waals surface area contributed by atoms with Crippen LogP contribution >= 0.6 is 11.3 Å². The molecular weight excluding hydrogens is 443 g/mol. The molecule has 2 aliphatic rings. The quantitative estimate of drug-likeness (QED) is 0.628. The third-order valence-electron chi connectivity index (χ3n) is 6.10. The summed E-state index contributed by atoms with van der Waals surface area (Å²) in [6.45, 7) is 4.74. The van der Waals surface area contributed by atoms with Crippen LogP contribution in [0.5, 0.6) is 0 Å². The molecular formula is C24H27FN4O3S. The van der Waals surface area contributed by atoms with E-state index in [4.69, 9.17) is 11.2 Å². The number of terminal acetylenes is 1. The van der Waals surface area contributed by atoms with E-state index in [2.05, 4.69) is 15.8 Å². The zero-order valence-corrected chi connectivity index (χ0v) is 19.2. The first-order valence-electron chi connectivity index (χ1n) is 11.1. The summed E-state index contributed by atoms with van der Waals surface area (Å²) in [5.41, 5.74) is 1.56. The van der Waals surface area contributed by atoms with Crippen LogP contribution in [-0.2, 0) is 11.3 Å². The van der Waals surface area contributed by atoms with Crippen LogP contribution in [0.4, 0.5) is 9.18 Å². The van der Waals surface area contributed by atoms with Crippen LogP contribution in [-0.4, -0.2) is 77.6 Å². The molecule has 2 fully saturated rings. The smallest absolute Gasteiger partial charge is 0.410 e. The lowest BCUT2D eigenvalue weighted by Crippen LogP contribution is -2.48. The molecule has 2 saturated heterocycles. The summed E-state index contributed by atoms with van der Waals surface area (Å²) in [6.07, 6.45) is 6.33. The minimum atomic E-state index is -0.375. The van der Waals surface area contributed by atoms with Crippen molar-refractivity contribution in [3.63, 3.8) is 0 Å². The first-order valence-corrected chi connectivity index (χ1v) is 12.0. The first kappa shape index (κ1) is 23.2. The maximum Gasteiger partial charge on any atom is 0.410 e. The Balaban J connectivity index is 1.25. The van der Waals surface area contributed by atoms with Crippen molar-refractivity contribution in [1.29, 1.82) is 0 Å². The Morgan fingerprint density at radius 1 is 1.09 bits per heavy atom. The number of carbonyl (C=O) groups is 2. The molecule has 2 aliphatic heterocycles. The zero-order chi connectivity index (χ0) is 23.2. The zero-order valence-electron chi connectivity index (χ0n) is 18.4. The summed E-state index contributed by atoms with van der Waals surface area (Å²) in [4.78, 5) is 35.3. The molecule has 7 nitrogen and oxygen atoms in total. The highest BCUT2D eigenvalue weighted by Gasteiger charge is 2.28. The Bertz CT molecular complexity index is 1000. The molecule has 1 aromatic carbocycles. The number of benzene rings is 1. The normalized spacial score (nSPS) is 17.6. The third-order valence-corrected chi connectivity index (χ3v) is 7.11. The van der Waals surface area contributed by atoms with Crippen molar-refractivity contribution in [2.24, 2.45) is 0 Å². The number of thiazole rings is 1. The van der Waals surface area contributed by atoms with E-state index < -0.39 is 0 Å². The molecule has 0 unspecified atom stereocenters. The van der Waals surface area contributed by atoms with Gasteiger partial charge in [0.05, 0.1) is 5.01 Å². The second-order valence-corrected chi connectivity index (χ2v) is 9.18. The molecule has 1 aromatic heterocycles. The Kier molecular flexibility index (Phi) is 7.57. The highest BCUT2D eigenvalue weighted by molar-refractivity contribution is 7.09. The fourth-order valence-electron chi connectivity index (χ4n) is 4.20. The summed E-state index contributed by atoms with van der Waals surface area (Å²) in [6, 6.07) is 6.55. The molecule has 2 aromatic rings. The summed E-state index contributed by atoms with van der Waals surface area (Å²) in [5, 5.41) is 2.79. The molecule has 0 spiro atoms. The maximum atomic E-state index is 13.1. The summed E-state index contributed by atoms with van der Waals surface area (Å²) >= 11 is 1.51. The summed E-state index contributed by atoms with van der Waals surface area (Å²) < 4.78 is 18.1. The molecule has 3 heterocycles. The van der Waals surface area contributed by atoms with Gasteiger partial charge in [-0.3, -0.25) is 9.69 Å². The largest absolute Gasteiger partial charge is 0.436 e. The SMILES string of the molecule is C#CCOC(=O)N1CCC(c2nc(C(=O)N3CCN(Cc4ccc(F)cc4)CC3)cs2)CC1. The van der Waals surface area contributed by atoms with Gasteiger partial charge in [0.25, 0.3) is 5.91 Å². The number of rotatable bonds is 5. The van der Waals surface area contributed by atoms with Gasteiger partial charge in [-0.2, -0.15) is 0 Å². The first-order chi connectivity index (χ1) is 16.0. The average Bonchev–Trinajstić information content (AvgIpc) is 3.34. The predicted molar refractivity (Wildman–Crippen MR) is 123 cm³/mol. The minimum Gasteiger partial charge on any atom is -0.436 e. The van der Waals surface area contributed by atoms with E-state index >= 15 is 0 Å². The molecule has 0 bridgehead atoms. The highest BCUT2D eigenvalue weighted by atomic mass is 32.1. The Morgan fingerprint density at radius 3 is 2.45 bits per heavy atom. The number of amides is 2. The number of piperazine rings is 1. The van der Waals surface area contributed by atoms with E-state index in [1.165, 1.54) is 23.5 Å². The Hall–Kier alpha value is -2.96. The number of carbonyl (C=O) groups excluding carboxylic acids is 2. The van der Waals surface area contributed by atoms with Gasteiger partial charge in [0.2, 0.25) is 0 Å². The number of halogens is 1. The van der Waals surface area contributed by atoms with Gasteiger partial charge in [-0.25, -0.2) is 14.2 Å². The molecule has 174 valence electrons. The number of hydrogen-bond donors (Lipinski definition) is 0. The highest BCUT2D eigenvalue weighted by Crippen LogP contribution is 2.31. The van der Waals surface area contributed by atoms with Gasteiger partial charge in [0.1, 0.15) is 11.5 Å². The standard InChI is InChI=1S/C24H27FN4O3S/c1-2-15-32-24(31)29-9-7-19(8-10-29)22-26-21(17-33-22)23(30)28-13-11-27(12-14-28)16-18-3-5-20(25)6-4-18/h1,3-6,17,19H,7-16H2. The van der Waals surface area contributed by atoms with Crippen LogP contribution in [0.1, 0.15) is 39.8 Å². The van der Waals surface area contributed by atoms with Crippen molar-refractivity contribution in [3.05, 3.63) is 51.7 Å². The van der Waals surface area contributed by atoms with Crippen LogP contribution in [0.2, 0.25) is 0 Å². The molecule has 4 rings (SSSR count). The van der Waals surface area contributed by atoms with Crippen molar-refractivity contribution in [2.75, 3.05) is 45.9 Å². The molecule has 0 saturated carbocycles. The molecule has 0 N–H and O–H groups in total. The van der Waals surface area contributed by atoms with Crippen LogP contribution in [0, 0.1) is 18.2 Å². The number of nitrogens with zero attached hydrogens (tertiary/aromatic N) is 4. The minimum absolute atomic E-state index is 0.0167. The van der Waals surface area contributed by atoms with E-state index in [0.717, 1.165) is 43.0 Å². The van der Waals surface area contributed by atoms with E-state index in [1.54, 1.807) is 17.0 Å². The summed E-state index contributed by atoms with van der Waals surface area (Å²) in [5.74, 6) is 2.27. The number of aromatic nitrogens is 1. The molecule has 2 amide bonds. The van der Waals surface area contributed by atoms with Crippen LogP contribution in [0.3, 0.4) is 0 Å². The number of likely N-dealkylation sites (tertiary alicyclic amines) is 1. The topological polar surface area (TPSA) is 66.0 Å². The molecule has 9 heteroatoms. The second-order valence-electron chi connectivity index (χ2n) is 8.29. The van der Waals surface area contributed by atoms with Crippen molar-refractivity contribution in [2.45, 2.75) is 25.3 Å². The third kappa shape index (κ3) is 5.89. The van der Waals surface area contributed by atoms with Crippen molar-refractivity contribution < 1.29 is 18.7 Å². The fraction of sp³-hybridized carbons (Fsp3) is 0.458. The lowest BCUT2D eigenvalue weighted by molar-refractivity contribution is 0.0623. The second kappa shape index (κ2) is 10.8. The van der Waals surface area contributed by atoms with E-state index in [9.17, 15) is 14.0 Å². The Morgan fingerprint density at radius 2 is 1.79 bits per heavy atom. The molecule has 0 aliphatic carbocycles. The number of hydrogen-bond acceptors (Lipinski definition) is 6. The van der Waals surface area contributed by atoms with Gasteiger partial charge in [-0.05, 0) is 30.5 Å². The van der Waals surface area contributed by atoms with Gasteiger partial charge >= 0.3 is 6.09 Å². The van der Waals surface area contributed by atoms with Crippen molar-refractivity contribution in [3.8, 4) is 12.3 Å². The molecule has 0 atom stereocenters. The average molecular weight is 471 g/mol. The van der Waals surface area contributed by atoms with Gasteiger partial charge in [-0.1, -0.05) is 18.1 Å². The monoisotopic (exact) mass is 470 g/mol. The van der Waals surface area contributed by atoms with Crippen LogP contribution in [0.25, 0.3) is 0 Å². The van der Waals surface area contributed by atoms with Crippen molar-refractivity contribution >= 4 is 23.3 Å². The van der Waals surface area contributed by atoms with Gasteiger partial charge in [0, 0.05) is 57.1 Å². The van der Waals surface area contributed by atoms with Crippen LogP contribution in [0.15, 0.2) is 29.6 Å². The van der Waals surface area contributed by atoms with Gasteiger partial charge < -0.3 is 14.5 Å². The van der Waals surface area contributed by atoms with Gasteiger partial charge in [0.15, 0.2) is 6.61 Å².